The first-order chi connectivity index (χ1) is 7.66. The van der Waals surface area contributed by atoms with Crippen molar-refractivity contribution in [1.29, 1.82) is 0 Å². The molecule has 5 nitrogen and oxygen atoms in total. The van der Waals surface area contributed by atoms with Crippen molar-refractivity contribution in [2.45, 2.75) is 6.92 Å². The standard InChI is InChI=1S/C10H13ClN4O/c1-8(16)14-4-6-15(7-5-14)10-3-2-9(11)12-13-10/h2-3H,4-7H2,1H3. The van der Waals surface area contributed by atoms with Crippen LogP contribution >= 0.6 is 11.6 Å². The normalized spacial score (nSPS) is 16.4. The van der Waals surface area contributed by atoms with Gasteiger partial charge in [0.2, 0.25) is 5.91 Å². The molecule has 0 aromatic carbocycles. The lowest BCUT2D eigenvalue weighted by Gasteiger charge is -2.34. The highest BCUT2D eigenvalue weighted by Gasteiger charge is 2.19. The fourth-order valence-corrected chi connectivity index (χ4v) is 1.83. The summed E-state index contributed by atoms with van der Waals surface area (Å²) in [6.07, 6.45) is 0. The van der Waals surface area contributed by atoms with Crippen molar-refractivity contribution in [2.75, 3.05) is 31.1 Å². The van der Waals surface area contributed by atoms with Gasteiger partial charge in [0.15, 0.2) is 11.0 Å². The Labute approximate surface area is 99.0 Å². The minimum atomic E-state index is 0.127. The molecule has 2 heterocycles. The first-order valence-corrected chi connectivity index (χ1v) is 5.54. The van der Waals surface area contributed by atoms with Crippen LogP contribution in [0.4, 0.5) is 5.82 Å². The second-order valence-electron chi connectivity index (χ2n) is 3.71. The number of amides is 1. The monoisotopic (exact) mass is 240 g/mol. The zero-order valence-electron chi connectivity index (χ0n) is 9.06. The van der Waals surface area contributed by atoms with E-state index in [1.807, 2.05) is 11.0 Å². The molecule has 1 aliphatic rings. The van der Waals surface area contributed by atoms with Crippen LogP contribution in [0.5, 0.6) is 0 Å². The van der Waals surface area contributed by atoms with Crippen molar-refractivity contribution in [2.24, 2.45) is 0 Å². The average molecular weight is 241 g/mol. The van der Waals surface area contributed by atoms with Gasteiger partial charge >= 0.3 is 0 Å². The van der Waals surface area contributed by atoms with Gasteiger partial charge in [0.05, 0.1) is 0 Å². The zero-order chi connectivity index (χ0) is 11.5. The second-order valence-corrected chi connectivity index (χ2v) is 4.09. The van der Waals surface area contributed by atoms with Crippen LogP contribution in [0.25, 0.3) is 0 Å². The first-order valence-electron chi connectivity index (χ1n) is 5.16. The van der Waals surface area contributed by atoms with Gasteiger partial charge in [-0.25, -0.2) is 0 Å². The summed E-state index contributed by atoms with van der Waals surface area (Å²) in [5.41, 5.74) is 0. The van der Waals surface area contributed by atoms with E-state index >= 15 is 0 Å². The van der Waals surface area contributed by atoms with E-state index < -0.39 is 0 Å². The molecule has 0 atom stereocenters. The van der Waals surface area contributed by atoms with E-state index in [0.29, 0.717) is 5.15 Å². The molecule has 1 saturated heterocycles. The van der Waals surface area contributed by atoms with Crippen LogP contribution in [-0.4, -0.2) is 47.2 Å². The van der Waals surface area contributed by atoms with Crippen molar-refractivity contribution in [1.82, 2.24) is 15.1 Å². The van der Waals surface area contributed by atoms with E-state index in [0.717, 1.165) is 32.0 Å². The number of aromatic nitrogens is 2. The number of carbonyl (C=O) groups is 1. The van der Waals surface area contributed by atoms with Crippen molar-refractivity contribution in [3.63, 3.8) is 0 Å². The summed E-state index contributed by atoms with van der Waals surface area (Å²) in [5.74, 6) is 0.939. The molecule has 1 aromatic heterocycles. The fourth-order valence-electron chi connectivity index (χ4n) is 1.73. The predicted molar refractivity (Wildman–Crippen MR) is 61.5 cm³/mol. The van der Waals surface area contributed by atoms with Crippen LogP contribution in [0.2, 0.25) is 5.15 Å². The molecule has 16 heavy (non-hydrogen) atoms. The average Bonchev–Trinajstić information content (AvgIpc) is 2.30. The Morgan fingerprint density at radius 3 is 2.44 bits per heavy atom. The van der Waals surface area contributed by atoms with Gasteiger partial charge in [0.25, 0.3) is 0 Å². The van der Waals surface area contributed by atoms with E-state index in [-0.39, 0.29) is 5.91 Å². The number of anilines is 1. The highest BCUT2D eigenvalue weighted by Crippen LogP contribution is 2.14. The summed E-state index contributed by atoms with van der Waals surface area (Å²) in [6.45, 7) is 4.64. The Bertz CT molecular complexity index is 373. The summed E-state index contributed by atoms with van der Waals surface area (Å²) in [7, 11) is 0. The molecule has 1 aliphatic heterocycles. The maximum atomic E-state index is 11.1. The van der Waals surface area contributed by atoms with Crippen molar-refractivity contribution in [3.8, 4) is 0 Å². The third-order valence-corrected chi connectivity index (χ3v) is 2.87. The second kappa shape index (κ2) is 4.65. The summed E-state index contributed by atoms with van der Waals surface area (Å²) in [6, 6.07) is 3.57. The molecule has 0 N–H and O–H groups in total. The SMILES string of the molecule is CC(=O)N1CCN(c2ccc(Cl)nn2)CC1. The Morgan fingerprint density at radius 2 is 1.94 bits per heavy atom. The third-order valence-electron chi connectivity index (χ3n) is 2.67. The Morgan fingerprint density at radius 1 is 1.25 bits per heavy atom. The van der Waals surface area contributed by atoms with Crippen LogP contribution in [0.1, 0.15) is 6.92 Å². The van der Waals surface area contributed by atoms with Gasteiger partial charge < -0.3 is 9.80 Å². The molecule has 1 amide bonds. The molecule has 1 fully saturated rings. The lowest BCUT2D eigenvalue weighted by molar-refractivity contribution is -0.129. The lowest BCUT2D eigenvalue weighted by Crippen LogP contribution is -2.48. The predicted octanol–water partition coefficient (Wildman–Crippen LogP) is 0.798. The Balaban J connectivity index is 1.99. The van der Waals surface area contributed by atoms with Gasteiger partial charge in [0.1, 0.15) is 0 Å². The van der Waals surface area contributed by atoms with Gasteiger partial charge in [-0.1, -0.05) is 11.6 Å². The summed E-state index contributed by atoms with van der Waals surface area (Å²) >= 11 is 5.67. The molecular formula is C10H13ClN4O. The number of rotatable bonds is 1. The van der Waals surface area contributed by atoms with Crippen LogP contribution in [0.3, 0.4) is 0 Å². The molecule has 6 heteroatoms. The minimum absolute atomic E-state index is 0.127. The minimum Gasteiger partial charge on any atom is -0.352 e. The molecular weight excluding hydrogens is 228 g/mol. The molecule has 0 unspecified atom stereocenters. The van der Waals surface area contributed by atoms with Crippen LogP contribution < -0.4 is 4.90 Å². The van der Waals surface area contributed by atoms with Gasteiger partial charge in [-0.05, 0) is 12.1 Å². The van der Waals surface area contributed by atoms with Crippen molar-refractivity contribution in [3.05, 3.63) is 17.3 Å². The summed E-state index contributed by atoms with van der Waals surface area (Å²) in [4.78, 5) is 15.1. The molecule has 0 aliphatic carbocycles. The highest BCUT2D eigenvalue weighted by atomic mass is 35.5. The van der Waals surface area contributed by atoms with E-state index in [4.69, 9.17) is 11.6 Å². The molecule has 0 bridgehead atoms. The van der Waals surface area contributed by atoms with Gasteiger partial charge in [-0.3, -0.25) is 4.79 Å². The lowest BCUT2D eigenvalue weighted by atomic mass is 10.3. The number of hydrogen-bond acceptors (Lipinski definition) is 4. The first kappa shape index (κ1) is 11.1. The smallest absolute Gasteiger partial charge is 0.219 e. The van der Waals surface area contributed by atoms with Crippen LogP contribution in [0, 0.1) is 0 Å². The van der Waals surface area contributed by atoms with Crippen molar-refractivity contribution < 1.29 is 4.79 Å². The van der Waals surface area contributed by atoms with Crippen LogP contribution in [-0.2, 0) is 4.79 Å². The van der Waals surface area contributed by atoms with Gasteiger partial charge in [-0.15, -0.1) is 10.2 Å². The number of nitrogens with zero attached hydrogens (tertiary/aromatic N) is 4. The molecule has 0 radical (unpaired) electrons. The number of hydrogen-bond donors (Lipinski definition) is 0. The molecule has 0 saturated carbocycles. The third kappa shape index (κ3) is 2.41. The topological polar surface area (TPSA) is 49.3 Å². The Hall–Kier alpha value is -1.36. The quantitative estimate of drug-likeness (QED) is 0.729. The van der Waals surface area contributed by atoms with Gasteiger partial charge in [0, 0.05) is 33.1 Å². The number of carbonyl (C=O) groups excluding carboxylic acids is 1. The number of piperazine rings is 1. The molecule has 0 spiro atoms. The highest BCUT2D eigenvalue weighted by molar-refractivity contribution is 6.29. The summed E-state index contributed by atoms with van der Waals surface area (Å²) in [5, 5.41) is 8.21. The molecule has 2 rings (SSSR count). The molecule has 1 aromatic rings. The van der Waals surface area contributed by atoms with E-state index in [1.165, 1.54) is 0 Å². The van der Waals surface area contributed by atoms with Crippen molar-refractivity contribution >= 4 is 23.3 Å². The number of halogens is 1. The maximum absolute atomic E-state index is 11.1. The van der Waals surface area contributed by atoms with Crippen LogP contribution in [0.15, 0.2) is 12.1 Å². The molecule has 86 valence electrons. The zero-order valence-corrected chi connectivity index (χ0v) is 9.81. The van der Waals surface area contributed by atoms with E-state index in [2.05, 4.69) is 15.1 Å². The Kier molecular flexibility index (Phi) is 3.24. The van der Waals surface area contributed by atoms with E-state index in [1.54, 1.807) is 13.0 Å². The summed E-state index contributed by atoms with van der Waals surface area (Å²) < 4.78 is 0. The largest absolute Gasteiger partial charge is 0.352 e. The maximum Gasteiger partial charge on any atom is 0.219 e. The van der Waals surface area contributed by atoms with Gasteiger partial charge in [-0.2, -0.15) is 0 Å². The van der Waals surface area contributed by atoms with E-state index in [9.17, 15) is 4.79 Å². The fraction of sp³-hybridized carbons (Fsp3) is 0.500.